The van der Waals surface area contributed by atoms with Gasteiger partial charge in [0.1, 0.15) is 5.75 Å². The second kappa shape index (κ2) is 6.64. The van der Waals surface area contributed by atoms with E-state index in [9.17, 15) is 9.59 Å². The van der Waals surface area contributed by atoms with Crippen molar-refractivity contribution in [2.24, 2.45) is 0 Å². The fraction of sp³-hybridized carbons (Fsp3) is 0.143. The third-order valence-electron chi connectivity index (χ3n) is 4.45. The summed E-state index contributed by atoms with van der Waals surface area (Å²) in [7, 11) is 1.61. The zero-order valence-electron chi connectivity index (χ0n) is 14.9. The minimum Gasteiger partial charge on any atom is -0.497 e. The van der Waals surface area contributed by atoms with Gasteiger partial charge in [0.25, 0.3) is 5.91 Å². The van der Waals surface area contributed by atoms with Gasteiger partial charge in [-0.1, -0.05) is 12.1 Å². The summed E-state index contributed by atoms with van der Waals surface area (Å²) in [6, 6.07) is 14.2. The number of amides is 1. The number of carbonyl (C=O) groups is 2. The van der Waals surface area contributed by atoms with Crippen molar-refractivity contribution in [1.82, 2.24) is 0 Å². The molecule has 0 spiro atoms. The van der Waals surface area contributed by atoms with Crippen LogP contribution in [0.5, 0.6) is 17.2 Å². The molecule has 6 heteroatoms. The first-order chi connectivity index (χ1) is 13.0. The van der Waals surface area contributed by atoms with Gasteiger partial charge in [0.2, 0.25) is 6.79 Å². The fourth-order valence-electron chi connectivity index (χ4n) is 3.02. The van der Waals surface area contributed by atoms with Crippen LogP contribution in [0.4, 0.5) is 5.69 Å². The van der Waals surface area contributed by atoms with Gasteiger partial charge in [0.05, 0.1) is 12.8 Å². The van der Waals surface area contributed by atoms with E-state index < -0.39 is 0 Å². The van der Waals surface area contributed by atoms with E-state index in [4.69, 9.17) is 14.2 Å². The third kappa shape index (κ3) is 3.17. The number of Topliss-reactive ketones (excluding diaryl/α,β-unsaturated/α-hetero) is 1. The molecule has 0 aliphatic carbocycles. The quantitative estimate of drug-likeness (QED) is 0.709. The van der Waals surface area contributed by atoms with Crippen molar-refractivity contribution < 1.29 is 23.8 Å². The number of carbonyl (C=O) groups excluding carboxylic acids is 2. The average Bonchev–Trinajstić information content (AvgIpc) is 3.13. The number of anilines is 1. The van der Waals surface area contributed by atoms with Gasteiger partial charge in [0.15, 0.2) is 17.3 Å². The van der Waals surface area contributed by atoms with E-state index in [-0.39, 0.29) is 18.5 Å². The average molecular weight is 363 g/mol. The first-order valence-electron chi connectivity index (χ1n) is 8.39. The molecular weight excluding hydrogens is 346 g/mol. The summed E-state index contributed by atoms with van der Waals surface area (Å²) in [5.74, 6) is 1.27. The van der Waals surface area contributed by atoms with E-state index in [1.54, 1.807) is 31.4 Å². The van der Waals surface area contributed by atoms with Crippen LogP contribution in [0.3, 0.4) is 0 Å². The number of ketones is 1. The van der Waals surface area contributed by atoms with Crippen LogP contribution in [-0.4, -0.2) is 25.6 Å². The Morgan fingerprint density at radius 1 is 0.963 bits per heavy atom. The van der Waals surface area contributed by atoms with Crippen molar-refractivity contribution >= 4 is 28.2 Å². The van der Waals surface area contributed by atoms with Crippen LogP contribution in [0.1, 0.15) is 27.6 Å². The number of fused-ring (bicyclic) bond motifs is 2. The molecule has 27 heavy (non-hydrogen) atoms. The van der Waals surface area contributed by atoms with Crippen molar-refractivity contribution in [2.75, 3.05) is 19.2 Å². The molecule has 136 valence electrons. The minimum atomic E-state index is -0.311. The standard InChI is InChI=1S/C21H17NO5/c1-12(23)17-9-19-20(27-11-26-19)10-18(17)22-21(24)15-4-3-14-8-16(25-2)6-5-13(14)7-15/h3-10H,11H2,1-2H3,(H,22,24). The molecule has 1 N–H and O–H groups in total. The zero-order chi connectivity index (χ0) is 19.0. The number of hydrogen-bond acceptors (Lipinski definition) is 5. The summed E-state index contributed by atoms with van der Waals surface area (Å²) in [5.41, 5.74) is 1.25. The second-order valence-electron chi connectivity index (χ2n) is 6.19. The lowest BCUT2D eigenvalue weighted by molar-refractivity contribution is 0.101. The molecule has 3 aromatic rings. The van der Waals surface area contributed by atoms with E-state index in [1.807, 2.05) is 24.3 Å². The normalized spacial score (nSPS) is 12.1. The lowest BCUT2D eigenvalue weighted by Gasteiger charge is -2.11. The highest BCUT2D eigenvalue weighted by molar-refractivity contribution is 6.10. The van der Waals surface area contributed by atoms with Gasteiger partial charge < -0.3 is 19.5 Å². The van der Waals surface area contributed by atoms with Crippen LogP contribution in [0.15, 0.2) is 48.5 Å². The van der Waals surface area contributed by atoms with Gasteiger partial charge in [-0.05, 0) is 48.0 Å². The van der Waals surface area contributed by atoms with Gasteiger partial charge in [-0.25, -0.2) is 0 Å². The predicted octanol–water partition coefficient (Wildman–Crippen LogP) is 4.03. The van der Waals surface area contributed by atoms with Gasteiger partial charge in [0, 0.05) is 17.2 Å². The van der Waals surface area contributed by atoms with Gasteiger partial charge in [-0.2, -0.15) is 0 Å². The number of methoxy groups -OCH3 is 1. The number of nitrogens with one attached hydrogen (secondary N) is 1. The Hall–Kier alpha value is -3.54. The Bertz CT molecular complexity index is 1070. The molecule has 0 saturated carbocycles. The highest BCUT2D eigenvalue weighted by Gasteiger charge is 2.20. The Balaban J connectivity index is 1.66. The van der Waals surface area contributed by atoms with Crippen molar-refractivity contribution in [1.29, 1.82) is 0 Å². The maximum atomic E-state index is 12.7. The molecular formula is C21H17NO5. The maximum absolute atomic E-state index is 12.7. The predicted molar refractivity (Wildman–Crippen MR) is 101 cm³/mol. The van der Waals surface area contributed by atoms with Crippen LogP contribution >= 0.6 is 0 Å². The molecule has 0 bridgehead atoms. The molecule has 1 aliphatic rings. The third-order valence-corrected chi connectivity index (χ3v) is 4.45. The fourth-order valence-corrected chi connectivity index (χ4v) is 3.02. The highest BCUT2D eigenvalue weighted by Crippen LogP contribution is 2.37. The molecule has 4 rings (SSSR count). The van der Waals surface area contributed by atoms with Gasteiger partial charge >= 0.3 is 0 Å². The summed E-state index contributed by atoms with van der Waals surface area (Å²) in [5, 5.41) is 4.69. The summed E-state index contributed by atoms with van der Waals surface area (Å²) in [6.45, 7) is 1.54. The maximum Gasteiger partial charge on any atom is 0.255 e. The molecule has 0 aromatic heterocycles. The Kier molecular flexibility index (Phi) is 4.16. The zero-order valence-corrected chi connectivity index (χ0v) is 14.9. The lowest BCUT2D eigenvalue weighted by atomic mass is 10.0. The number of benzene rings is 3. The molecule has 0 radical (unpaired) electrons. The highest BCUT2D eigenvalue weighted by atomic mass is 16.7. The Morgan fingerprint density at radius 2 is 1.67 bits per heavy atom. The summed E-state index contributed by atoms with van der Waals surface area (Å²) in [4.78, 5) is 24.7. The molecule has 0 unspecified atom stereocenters. The van der Waals surface area contributed by atoms with Crippen LogP contribution < -0.4 is 19.5 Å². The lowest BCUT2D eigenvalue weighted by Crippen LogP contribution is -2.14. The van der Waals surface area contributed by atoms with E-state index in [0.29, 0.717) is 28.3 Å². The van der Waals surface area contributed by atoms with E-state index in [1.165, 1.54) is 6.92 Å². The Morgan fingerprint density at radius 3 is 2.41 bits per heavy atom. The molecule has 0 atom stereocenters. The molecule has 1 aliphatic heterocycles. The largest absolute Gasteiger partial charge is 0.497 e. The van der Waals surface area contributed by atoms with Crippen molar-refractivity contribution in [3.63, 3.8) is 0 Å². The molecule has 0 saturated heterocycles. The molecule has 1 heterocycles. The second-order valence-corrected chi connectivity index (χ2v) is 6.19. The number of ether oxygens (including phenoxy) is 3. The molecule has 1 amide bonds. The number of rotatable bonds is 4. The number of hydrogen-bond donors (Lipinski definition) is 1. The van der Waals surface area contributed by atoms with Gasteiger partial charge in [-0.15, -0.1) is 0 Å². The molecule has 6 nitrogen and oxygen atoms in total. The summed E-state index contributed by atoms with van der Waals surface area (Å²) >= 11 is 0. The van der Waals surface area contributed by atoms with E-state index in [2.05, 4.69) is 5.32 Å². The monoisotopic (exact) mass is 363 g/mol. The smallest absolute Gasteiger partial charge is 0.255 e. The van der Waals surface area contributed by atoms with Crippen molar-refractivity contribution in [3.8, 4) is 17.2 Å². The van der Waals surface area contributed by atoms with Crippen molar-refractivity contribution in [3.05, 3.63) is 59.7 Å². The minimum absolute atomic E-state index is 0.0955. The van der Waals surface area contributed by atoms with Crippen LogP contribution in [-0.2, 0) is 0 Å². The summed E-state index contributed by atoms with van der Waals surface area (Å²) < 4.78 is 15.9. The van der Waals surface area contributed by atoms with Crippen LogP contribution in [0.25, 0.3) is 10.8 Å². The molecule has 0 fully saturated rings. The van der Waals surface area contributed by atoms with Gasteiger partial charge in [-0.3, -0.25) is 9.59 Å². The van der Waals surface area contributed by atoms with Crippen LogP contribution in [0, 0.1) is 0 Å². The van der Waals surface area contributed by atoms with Crippen molar-refractivity contribution in [2.45, 2.75) is 6.92 Å². The van der Waals surface area contributed by atoms with E-state index >= 15 is 0 Å². The summed E-state index contributed by atoms with van der Waals surface area (Å²) in [6.07, 6.45) is 0. The topological polar surface area (TPSA) is 73.9 Å². The molecule has 3 aromatic carbocycles. The SMILES string of the molecule is COc1ccc2cc(C(=O)Nc3cc4c(cc3C(C)=O)OCO4)ccc2c1. The first kappa shape index (κ1) is 16.9. The first-order valence-corrected chi connectivity index (χ1v) is 8.39. The Labute approximate surface area is 155 Å². The van der Waals surface area contributed by atoms with E-state index in [0.717, 1.165) is 16.5 Å². The van der Waals surface area contributed by atoms with Crippen LogP contribution in [0.2, 0.25) is 0 Å².